The van der Waals surface area contributed by atoms with Gasteiger partial charge < -0.3 is 11.1 Å². The van der Waals surface area contributed by atoms with Crippen molar-refractivity contribution in [1.29, 1.82) is 0 Å². The zero-order valence-corrected chi connectivity index (χ0v) is 12.3. The van der Waals surface area contributed by atoms with Gasteiger partial charge in [-0.2, -0.15) is 0 Å². The Bertz CT molecular complexity index is 682. The van der Waals surface area contributed by atoms with E-state index in [2.05, 4.69) is 5.32 Å². The van der Waals surface area contributed by atoms with Gasteiger partial charge in [-0.25, -0.2) is 8.78 Å². The zero-order valence-electron chi connectivity index (χ0n) is 10.7. The summed E-state index contributed by atoms with van der Waals surface area (Å²) in [6, 6.07) is 7.76. The van der Waals surface area contributed by atoms with Crippen LogP contribution < -0.4 is 11.1 Å². The van der Waals surface area contributed by atoms with Crippen LogP contribution in [0.5, 0.6) is 0 Å². The summed E-state index contributed by atoms with van der Waals surface area (Å²) in [6.45, 7) is 0. The van der Waals surface area contributed by atoms with Gasteiger partial charge in [-0.1, -0.05) is 11.6 Å². The van der Waals surface area contributed by atoms with E-state index in [1.54, 1.807) is 12.1 Å². The second-order valence-corrected chi connectivity index (χ2v) is 5.60. The van der Waals surface area contributed by atoms with Gasteiger partial charge in [-0.15, -0.1) is 11.8 Å². The highest BCUT2D eigenvalue weighted by Gasteiger charge is 2.09. The fourth-order valence-electron chi connectivity index (χ4n) is 1.56. The molecular formula is C14H11ClF2N2OS. The van der Waals surface area contributed by atoms with Crippen LogP contribution >= 0.6 is 23.4 Å². The Morgan fingerprint density at radius 2 is 2.00 bits per heavy atom. The number of rotatable bonds is 4. The topological polar surface area (TPSA) is 55.1 Å². The van der Waals surface area contributed by atoms with E-state index < -0.39 is 11.6 Å². The van der Waals surface area contributed by atoms with Gasteiger partial charge in [0.2, 0.25) is 5.91 Å². The molecule has 7 heteroatoms. The van der Waals surface area contributed by atoms with E-state index in [4.69, 9.17) is 17.3 Å². The number of carbonyl (C=O) groups is 1. The van der Waals surface area contributed by atoms with Gasteiger partial charge in [0.25, 0.3) is 0 Å². The maximum absolute atomic E-state index is 13.4. The Hall–Kier alpha value is -1.79. The first-order valence-electron chi connectivity index (χ1n) is 5.88. The molecule has 0 saturated heterocycles. The fraction of sp³-hybridized carbons (Fsp3) is 0.0714. The summed E-state index contributed by atoms with van der Waals surface area (Å²) in [5, 5.41) is 3.04. The Labute approximate surface area is 129 Å². The molecule has 0 aliphatic rings. The van der Waals surface area contributed by atoms with Crippen LogP contribution in [-0.2, 0) is 4.79 Å². The number of carbonyl (C=O) groups excluding carboxylic acids is 1. The number of benzene rings is 2. The Balaban J connectivity index is 1.97. The van der Waals surface area contributed by atoms with Crippen molar-refractivity contribution < 1.29 is 13.6 Å². The summed E-state index contributed by atoms with van der Waals surface area (Å²) < 4.78 is 26.4. The molecule has 3 nitrogen and oxygen atoms in total. The summed E-state index contributed by atoms with van der Waals surface area (Å²) in [7, 11) is 0. The molecule has 0 aliphatic carbocycles. The lowest BCUT2D eigenvalue weighted by molar-refractivity contribution is -0.113. The van der Waals surface area contributed by atoms with Crippen molar-refractivity contribution in [3.8, 4) is 0 Å². The van der Waals surface area contributed by atoms with Crippen molar-refractivity contribution in [3.63, 3.8) is 0 Å². The minimum Gasteiger partial charge on any atom is -0.397 e. The predicted molar refractivity (Wildman–Crippen MR) is 81.6 cm³/mol. The molecule has 3 N–H and O–H groups in total. The summed E-state index contributed by atoms with van der Waals surface area (Å²) >= 11 is 6.66. The first-order chi connectivity index (χ1) is 9.95. The lowest BCUT2D eigenvalue weighted by atomic mass is 10.2. The molecule has 0 aliphatic heterocycles. The molecule has 0 unspecified atom stereocenters. The Kier molecular flexibility index (Phi) is 5.03. The predicted octanol–water partition coefficient (Wildman–Crippen LogP) is 3.93. The van der Waals surface area contributed by atoms with Gasteiger partial charge in [0.15, 0.2) is 0 Å². The Morgan fingerprint density at radius 3 is 2.71 bits per heavy atom. The number of nitrogens with one attached hydrogen (secondary N) is 1. The molecule has 1 amide bonds. The van der Waals surface area contributed by atoms with E-state index in [0.717, 1.165) is 30.0 Å². The van der Waals surface area contributed by atoms with Crippen LogP contribution in [0.2, 0.25) is 5.02 Å². The normalized spacial score (nSPS) is 10.4. The molecular weight excluding hydrogens is 318 g/mol. The summed E-state index contributed by atoms with van der Waals surface area (Å²) in [5.74, 6) is -1.57. The average Bonchev–Trinajstić information content (AvgIpc) is 2.43. The maximum Gasteiger partial charge on any atom is 0.234 e. The van der Waals surface area contributed by atoms with Crippen LogP contribution in [0.1, 0.15) is 0 Å². The van der Waals surface area contributed by atoms with Gasteiger partial charge in [-0.3, -0.25) is 4.79 Å². The highest BCUT2D eigenvalue weighted by molar-refractivity contribution is 8.00. The molecule has 0 heterocycles. The molecule has 2 aromatic carbocycles. The van der Waals surface area contributed by atoms with Gasteiger partial charge in [0.05, 0.1) is 17.1 Å². The van der Waals surface area contributed by atoms with Crippen LogP contribution in [0.3, 0.4) is 0 Å². The van der Waals surface area contributed by atoms with Crippen molar-refractivity contribution in [2.24, 2.45) is 0 Å². The molecule has 0 bridgehead atoms. The second kappa shape index (κ2) is 6.78. The Morgan fingerprint density at radius 1 is 1.24 bits per heavy atom. The number of thioether (sulfide) groups is 1. The molecule has 21 heavy (non-hydrogen) atoms. The minimum absolute atomic E-state index is 0.0670. The number of nitrogen functional groups attached to an aromatic ring is 1. The van der Waals surface area contributed by atoms with Crippen LogP contribution in [0.15, 0.2) is 41.3 Å². The van der Waals surface area contributed by atoms with E-state index in [1.807, 2.05) is 0 Å². The molecule has 0 aromatic heterocycles. The fourth-order valence-corrected chi connectivity index (χ4v) is 2.51. The van der Waals surface area contributed by atoms with Crippen molar-refractivity contribution in [3.05, 3.63) is 53.1 Å². The van der Waals surface area contributed by atoms with E-state index >= 15 is 0 Å². The number of anilines is 2. The molecule has 2 rings (SSSR count). The van der Waals surface area contributed by atoms with Crippen molar-refractivity contribution >= 4 is 40.6 Å². The quantitative estimate of drug-likeness (QED) is 0.660. The third-order valence-corrected chi connectivity index (χ3v) is 3.81. The molecule has 110 valence electrons. The summed E-state index contributed by atoms with van der Waals surface area (Å²) in [4.78, 5) is 11.9. The van der Waals surface area contributed by atoms with Crippen LogP contribution in [0.25, 0.3) is 0 Å². The number of hydrogen-bond acceptors (Lipinski definition) is 3. The first-order valence-corrected chi connectivity index (χ1v) is 7.25. The molecule has 2 aromatic rings. The van der Waals surface area contributed by atoms with Crippen LogP contribution in [-0.4, -0.2) is 11.7 Å². The molecule has 0 spiro atoms. The summed E-state index contributed by atoms with van der Waals surface area (Å²) in [5.41, 5.74) is 6.46. The SMILES string of the molecule is Nc1cc(Cl)ccc1NC(=O)CSc1cc(F)ccc1F. The minimum atomic E-state index is -0.569. The lowest BCUT2D eigenvalue weighted by Crippen LogP contribution is -2.15. The van der Waals surface area contributed by atoms with Crippen molar-refractivity contribution in [2.75, 3.05) is 16.8 Å². The van der Waals surface area contributed by atoms with Crippen molar-refractivity contribution in [2.45, 2.75) is 4.90 Å². The monoisotopic (exact) mass is 328 g/mol. The largest absolute Gasteiger partial charge is 0.397 e. The van der Waals surface area contributed by atoms with Gasteiger partial charge in [0, 0.05) is 9.92 Å². The first kappa shape index (κ1) is 15.6. The van der Waals surface area contributed by atoms with Crippen molar-refractivity contribution in [1.82, 2.24) is 0 Å². The van der Waals surface area contributed by atoms with E-state index in [-0.39, 0.29) is 16.6 Å². The third-order valence-electron chi connectivity index (χ3n) is 2.54. The second-order valence-electron chi connectivity index (χ2n) is 4.14. The number of halogens is 3. The molecule has 0 atom stereocenters. The lowest BCUT2D eigenvalue weighted by Gasteiger charge is -2.08. The van der Waals surface area contributed by atoms with Crippen LogP contribution in [0.4, 0.5) is 20.2 Å². The standard InChI is InChI=1S/C14H11ClF2N2OS/c15-8-1-4-12(11(18)5-8)19-14(20)7-21-13-6-9(16)2-3-10(13)17/h1-6H,7,18H2,(H,19,20). The zero-order chi connectivity index (χ0) is 15.4. The number of amides is 1. The number of hydrogen-bond donors (Lipinski definition) is 2. The van der Waals surface area contributed by atoms with E-state index in [0.29, 0.717) is 16.4 Å². The smallest absolute Gasteiger partial charge is 0.234 e. The third kappa shape index (κ3) is 4.34. The van der Waals surface area contributed by atoms with E-state index in [9.17, 15) is 13.6 Å². The molecule has 0 fully saturated rings. The van der Waals surface area contributed by atoms with E-state index in [1.165, 1.54) is 6.07 Å². The molecule has 0 saturated carbocycles. The highest BCUT2D eigenvalue weighted by atomic mass is 35.5. The number of nitrogens with two attached hydrogens (primary N) is 1. The average molecular weight is 329 g/mol. The van der Waals surface area contributed by atoms with Gasteiger partial charge in [0.1, 0.15) is 11.6 Å². The molecule has 0 radical (unpaired) electrons. The maximum atomic E-state index is 13.4. The highest BCUT2D eigenvalue weighted by Crippen LogP contribution is 2.25. The van der Waals surface area contributed by atoms with Crippen LogP contribution in [0, 0.1) is 11.6 Å². The van der Waals surface area contributed by atoms with Gasteiger partial charge in [-0.05, 0) is 36.4 Å². The summed E-state index contributed by atoms with van der Waals surface area (Å²) in [6.07, 6.45) is 0. The van der Waals surface area contributed by atoms with Gasteiger partial charge >= 0.3 is 0 Å².